The number of alkyl carbamates (subject to hydrolysis) is 1. The number of ether oxygens (including phenoxy) is 1. The first-order valence-corrected chi connectivity index (χ1v) is 7.75. The smallest absolute Gasteiger partial charge is 0.407 e. The van der Waals surface area contributed by atoms with Gasteiger partial charge in [-0.1, -0.05) is 6.07 Å². The number of carbonyl (C=O) groups excluding carboxylic acids is 1. The molecule has 126 valence electrons. The molecule has 0 unspecified atom stereocenters. The molecule has 1 heterocycles. The predicted molar refractivity (Wildman–Crippen MR) is 87.9 cm³/mol. The van der Waals surface area contributed by atoms with Crippen LogP contribution in [0.1, 0.15) is 32.8 Å². The fraction of sp³-hybridized carbons (Fsp3) is 0.562. The number of non-ortho nitro benzene ring substituents is 1. The summed E-state index contributed by atoms with van der Waals surface area (Å²) in [6.45, 7) is 7.56. The van der Waals surface area contributed by atoms with Gasteiger partial charge in [-0.25, -0.2) is 4.79 Å². The molecule has 1 amide bonds. The third-order valence-electron chi connectivity index (χ3n) is 3.54. The number of benzene rings is 1. The molecule has 7 nitrogen and oxygen atoms in total. The molecular weight excluding hydrogens is 298 g/mol. The van der Waals surface area contributed by atoms with Crippen LogP contribution in [0.25, 0.3) is 0 Å². The van der Waals surface area contributed by atoms with E-state index in [1.165, 1.54) is 0 Å². The van der Waals surface area contributed by atoms with E-state index in [2.05, 4.69) is 10.2 Å². The van der Waals surface area contributed by atoms with Gasteiger partial charge in [0.15, 0.2) is 0 Å². The van der Waals surface area contributed by atoms with Crippen molar-refractivity contribution < 1.29 is 14.5 Å². The van der Waals surface area contributed by atoms with Crippen LogP contribution in [0.2, 0.25) is 0 Å². The molecule has 1 aliphatic heterocycles. The highest BCUT2D eigenvalue weighted by molar-refractivity contribution is 5.67. The highest BCUT2D eigenvalue weighted by atomic mass is 16.6. The Morgan fingerprint density at radius 2 is 2.17 bits per heavy atom. The molecule has 1 aromatic rings. The molecule has 0 bridgehead atoms. The van der Waals surface area contributed by atoms with Crippen molar-refractivity contribution in [3.8, 4) is 0 Å². The van der Waals surface area contributed by atoms with Gasteiger partial charge in [-0.15, -0.1) is 0 Å². The quantitative estimate of drug-likeness (QED) is 0.512. The van der Waals surface area contributed by atoms with E-state index < -0.39 is 11.7 Å². The minimum atomic E-state index is -0.503. The molecule has 1 N–H and O–H groups in total. The van der Waals surface area contributed by atoms with Gasteiger partial charge in [0.1, 0.15) is 5.60 Å². The Labute approximate surface area is 135 Å². The molecule has 7 heteroatoms. The number of nitro groups is 1. The maximum absolute atomic E-state index is 11.6. The second-order valence-corrected chi connectivity index (χ2v) is 6.59. The van der Waals surface area contributed by atoms with Crippen molar-refractivity contribution >= 4 is 17.5 Å². The molecule has 0 saturated heterocycles. The average molecular weight is 321 g/mol. The van der Waals surface area contributed by atoms with Crippen molar-refractivity contribution in [1.29, 1.82) is 0 Å². The number of fused-ring (bicyclic) bond motifs is 1. The van der Waals surface area contributed by atoms with Crippen LogP contribution in [0.4, 0.5) is 16.2 Å². The van der Waals surface area contributed by atoms with Gasteiger partial charge in [0.25, 0.3) is 5.69 Å². The van der Waals surface area contributed by atoms with Gasteiger partial charge in [0.05, 0.1) is 4.92 Å². The van der Waals surface area contributed by atoms with Crippen molar-refractivity contribution in [1.82, 2.24) is 5.32 Å². The molecule has 0 atom stereocenters. The van der Waals surface area contributed by atoms with Crippen LogP contribution in [-0.2, 0) is 11.2 Å². The lowest BCUT2D eigenvalue weighted by Crippen LogP contribution is -2.34. The summed E-state index contributed by atoms with van der Waals surface area (Å²) in [5.74, 6) is 0. The van der Waals surface area contributed by atoms with Crippen LogP contribution in [-0.4, -0.2) is 36.3 Å². The van der Waals surface area contributed by atoms with E-state index >= 15 is 0 Å². The van der Waals surface area contributed by atoms with Crippen LogP contribution in [0, 0.1) is 10.1 Å². The van der Waals surface area contributed by atoms with E-state index in [-0.39, 0.29) is 10.6 Å². The molecule has 1 aromatic carbocycles. The molecule has 0 spiro atoms. The van der Waals surface area contributed by atoms with E-state index in [9.17, 15) is 14.9 Å². The van der Waals surface area contributed by atoms with Crippen LogP contribution in [0.3, 0.4) is 0 Å². The van der Waals surface area contributed by atoms with E-state index in [0.717, 1.165) is 37.2 Å². The maximum Gasteiger partial charge on any atom is 0.407 e. The normalized spacial score (nSPS) is 13.6. The minimum absolute atomic E-state index is 0.113. The largest absolute Gasteiger partial charge is 0.444 e. The number of rotatable bonds is 5. The van der Waals surface area contributed by atoms with Gasteiger partial charge in [0.2, 0.25) is 0 Å². The number of nitro benzene ring substituents is 1. The van der Waals surface area contributed by atoms with Crippen molar-refractivity contribution in [2.75, 3.05) is 24.5 Å². The summed E-state index contributed by atoms with van der Waals surface area (Å²) in [6, 6.07) is 5.00. The fourth-order valence-corrected chi connectivity index (χ4v) is 2.55. The third-order valence-corrected chi connectivity index (χ3v) is 3.54. The molecule has 0 saturated carbocycles. The highest BCUT2D eigenvalue weighted by Gasteiger charge is 2.21. The molecule has 23 heavy (non-hydrogen) atoms. The maximum atomic E-state index is 11.6. The topological polar surface area (TPSA) is 84.7 Å². The summed E-state index contributed by atoms with van der Waals surface area (Å²) < 4.78 is 5.17. The number of hydrogen-bond donors (Lipinski definition) is 1. The molecule has 0 aromatic heterocycles. The van der Waals surface area contributed by atoms with Gasteiger partial charge >= 0.3 is 6.09 Å². The molecule has 2 rings (SSSR count). The van der Waals surface area contributed by atoms with Crippen LogP contribution >= 0.6 is 0 Å². The second-order valence-electron chi connectivity index (χ2n) is 6.59. The van der Waals surface area contributed by atoms with Gasteiger partial charge in [-0.05, 0) is 39.2 Å². The number of nitrogens with zero attached hydrogens (tertiary/aromatic N) is 2. The number of hydrogen-bond acceptors (Lipinski definition) is 5. The third kappa shape index (κ3) is 4.84. The minimum Gasteiger partial charge on any atom is -0.444 e. The van der Waals surface area contributed by atoms with E-state index in [1.807, 2.05) is 26.8 Å². The van der Waals surface area contributed by atoms with Gasteiger partial charge in [-0.2, -0.15) is 0 Å². The number of anilines is 1. The Morgan fingerprint density at radius 3 is 2.83 bits per heavy atom. The lowest BCUT2D eigenvalue weighted by atomic mass is 10.1. The Balaban J connectivity index is 1.82. The molecular formula is C16H23N3O4. The Hall–Kier alpha value is -2.31. The summed E-state index contributed by atoms with van der Waals surface area (Å²) in [7, 11) is 0. The second kappa shape index (κ2) is 6.85. The highest BCUT2D eigenvalue weighted by Crippen LogP contribution is 2.31. The molecule has 0 fully saturated rings. The van der Waals surface area contributed by atoms with Crippen LogP contribution in [0.15, 0.2) is 18.2 Å². The number of nitrogens with one attached hydrogen (secondary N) is 1. The van der Waals surface area contributed by atoms with Crippen molar-refractivity contribution in [3.63, 3.8) is 0 Å². The van der Waals surface area contributed by atoms with Gasteiger partial charge < -0.3 is 15.0 Å². The SMILES string of the molecule is CC(C)(C)OC(=O)NCCCN1CCc2ccc([N+](=O)[O-])cc21. The summed E-state index contributed by atoms with van der Waals surface area (Å²) in [6.07, 6.45) is 1.23. The first kappa shape index (κ1) is 17.1. The number of amides is 1. The Bertz CT molecular complexity index is 595. The van der Waals surface area contributed by atoms with Crippen LogP contribution in [0.5, 0.6) is 0 Å². The Kier molecular flexibility index (Phi) is 5.08. The Morgan fingerprint density at radius 1 is 1.43 bits per heavy atom. The average Bonchev–Trinajstić information content (AvgIpc) is 2.84. The van der Waals surface area contributed by atoms with Crippen molar-refractivity contribution in [2.24, 2.45) is 0 Å². The fourth-order valence-electron chi connectivity index (χ4n) is 2.55. The summed E-state index contributed by atoms with van der Waals surface area (Å²) in [4.78, 5) is 24.2. The van der Waals surface area contributed by atoms with Crippen molar-refractivity contribution in [3.05, 3.63) is 33.9 Å². The van der Waals surface area contributed by atoms with Crippen molar-refractivity contribution in [2.45, 2.75) is 39.2 Å². The van der Waals surface area contributed by atoms with E-state index in [4.69, 9.17) is 4.74 Å². The zero-order valence-corrected chi connectivity index (χ0v) is 13.8. The van der Waals surface area contributed by atoms with Gasteiger partial charge in [-0.3, -0.25) is 10.1 Å². The summed E-state index contributed by atoms with van der Waals surface area (Å²) >= 11 is 0. The van der Waals surface area contributed by atoms with E-state index in [0.29, 0.717) is 6.54 Å². The van der Waals surface area contributed by atoms with Gasteiger partial charge in [0, 0.05) is 37.5 Å². The molecule has 1 aliphatic rings. The summed E-state index contributed by atoms with van der Waals surface area (Å²) in [5, 5.41) is 13.6. The molecule has 0 radical (unpaired) electrons. The first-order chi connectivity index (χ1) is 10.8. The lowest BCUT2D eigenvalue weighted by molar-refractivity contribution is -0.384. The van der Waals surface area contributed by atoms with E-state index in [1.54, 1.807) is 12.1 Å². The zero-order chi connectivity index (χ0) is 17.0. The standard InChI is InChI=1S/C16H23N3O4/c1-16(2,3)23-15(20)17-8-4-9-18-10-7-12-5-6-13(19(21)22)11-14(12)18/h5-6,11H,4,7-10H2,1-3H3,(H,17,20). The first-order valence-electron chi connectivity index (χ1n) is 7.75. The molecule has 0 aliphatic carbocycles. The van der Waals surface area contributed by atoms with Crippen LogP contribution < -0.4 is 10.2 Å². The number of carbonyl (C=O) groups is 1. The zero-order valence-electron chi connectivity index (χ0n) is 13.8. The summed E-state index contributed by atoms with van der Waals surface area (Å²) in [5.41, 5.74) is 1.67. The monoisotopic (exact) mass is 321 g/mol. The predicted octanol–water partition coefficient (Wildman–Crippen LogP) is 2.87. The lowest BCUT2D eigenvalue weighted by Gasteiger charge is -2.21.